The minimum absolute atomic E-state index is 0.141. The van der Waals surface area contributed by atoms with Crippen molar-refractivity contribution in [3.8, 4) is 0 Å². The number of fused-ring (bicyclic) bond motifs is 1. The van der Waals surface area contributed by atoms with Crippen LogP contribution in [0.1, 0.15) is 6.42 Å². The lowest BCUT2D eigenvalue weighted by Gasteiger charge is -2.17. The Kier molecular flexibility index (Phi) is 3.47. The van der Waals surface area contributed by atoms with Crippen LogP contribution in [-0.2, 0) is 4.74 Å². The molecule has 2 aromatic heterocycles. The first kappa shape index (κ1) is 12.8. The molecule has 1 saturated heterocycles. The number of hydrogen-bond acceptors (Lipinski definition) is 5. The summed E-state index contributed by atoms with van der Waals surface area (Å²) in [7, 11) is 0. The van der Waals surface area contributed by atoms with Crippen molar-refractivity contribution in [2.75, 3.05) is 24.6 Å². The lowest BCUT2D eigenvalue weighted by atomic mass is 10.3. The summed E-state index contributed by atoms with van der Waals surface area (Å²) in [6.07, 6.45) is 5.93. The fraction of sp³-hybridized carbons (Fsp3) is 0.357. The Bertz CT molecular complexity index is 682. The minimum Gasteiger partial charge on any atom is -0.372 e. The van der Waals surface area contributed by atoms with Gasteiger partial charge in [-0.25, -0.2) is 9.97 Å². The topological polar surface area (TPSA) is 71.1 Å². The van der Waals surface area contributed by atoms with E-state index in [1.807, 2.05) is 0 Å². The first-order valence-electron chi connectivity index (χ1n) is 6.59. The van der Waals surface area contributed by atoms with Crippen molar-refractivity contribution in [3.05, 3.63) is 41.6 Å². The summed E-state index contributed by atoms with van der Waals surface area (Å²) < 4.78 is 5.65. The zero-order chi connectivity index (χ0) is 13.9. The average molecular weight is 272 g/mol. The molecule has 0 aromatic carbocycles. The SMILES string of the molecule is C=CCOC1CCN(c2cc3c(=O)[nH]cnc3cn2)C1. The van der Waals surface area contributed by atoms with E-state index in [4.69, 9.17) is 4.74 Å². The minimum atomic E-state index is -0.141. The Hall–Kier alpha value is -2.21. The van der Waals surface area contributed by atoms with Crippen LogP contribution in [0, 0.1) is 0 Å². The van der Waals surface area contributed by atoms with Crippen LogP contribution in [0.2, 0.25) is 0 Å². The zero-order valence-corrected chi connectivity index (χ0v) is 11.1. The molecular weight excluding hydrogens is 256 g/mol. The van der Waals surface area contributed by atoms with Gasteiger partial charge < -0.3 is 14.6 Å². The molecule has 0 aliphatic carbocycles. The van der Waals surface area contributed by atoms with Crippen LogP contribution >= 0.6 is 0 Å². The first-order valence-corrected chi connectivity index (χ1v) is 6.59. The number of nitrogens with zero attached hydrogens (tertiary/aromatic N) is 3. The molecule has 3 heterocycles. The molecule has 1 unspecified atom stereocenters. The molecule has 1 N–H and O–H groups in total. The van der Waals surface area contributed by atoms with Crippen LogP contribution in [0.25, 0.3) is 10.9 Å². The zero-order valence-electron chi connectivity index (χ0n) is 11.1. The van der Waals surface area contributed by atoms with E-state index in [1.165, 1.54) is 6.33 Å². The van der Waals surface area contributed by atoms with Gasteiger partial charge in [-0.05, 0) is 12.5 Å². The van der Waals surface area contributed by atoms with E-state index < -0.39 is 0 Å². The smallest absolute Gasteiger partial charge is 0.258 e. The molecule has 0 spiro atoms. The number of ether oxygens (including phenoxy) is 1. The van der Waals surface area contributed by atoms with Crippen molar-refractivity contribution in [2.45, 2.75) is 12.5 Å². The molecular formula is C14H16N4O2. The fourth-order valence-corrected chi connectivity index (χ4v) is 2.41. The van der Waals surface area contributed by atoms with Crippen LogP contribution in [-0.4, -0.2) is 40.8 Å². The van der Waals surface area contributed by atoms with Gasteiger partial charge in [-0.3, -0.25) is 4.79 Å². The third-order valence-electron chi connectivity index (χ3n) is 3.43. The van der Waals surface area contributed by atoms with Crippen molar-refractivity contribution < 1.29 is 4.74 Å². The van der Waals surface area contributed by atoms with E-state index in [0.717, 1.165) is 25.3 Å². The van der Waals surface area contributed by atoms with Gasteiger partial charge >= 0.3 is 0 Å². The molecule has 1 atom stereocenters. The van der Waals surface area contributed by atoms with E-state index in [0.29, 0.717) is 17.5 Å². The van der Waals surface area contributed by atoms with Gasteiger partial charge in [0.2, 0.25) is 0 Å². The monoisotopic (exact) mass is 272 g/mol. The second-order valence-electron chi connectivity index (χ2n) is 4.77. The van der Waals surface area contributed by atoms with Crippen molar-refractivity contribution in [3.63, 3.8) is 0 Å². The summed E-state index contributed by atoms with van der Waals surface area (Å²) in [4.78, 5) is 25.0. The summed E-state index contributed by atoms with van der Waals surface area (Å²) >= 11 is 0. The van der Waals surface area contributed by atoms with Gasteiger partial charge in [-0.15, -0.1) is 6.58 Å². The third-order valence-corrected chi connectivity index (χ3v) is 3.43. The summed E-state index contributed by atoms with van der Waals surface area (Å²) in [6.45, 7) is 5.87. The maximum absolute atomic E-state index is 11.8. The van der Waals surface area contributed by atoms with Crippen molar-refractivity contribution >= 4 is 16.7 Å². The molecule has 104 valence electrons. The molecule has 6 heteroatoms. The van der Waals surface area contributed by atoms with Crippen molar-refractivity contribution in [1.29, 1.82) is 0 Å². The van der Waals surface area contributed by atoms with Crippen LogP contribution in [0.4, 0.5) is 5.82 Å². The molecule has 0 bridgehead atoms. The van der Waals surface area contributed by atoms with Crippen LogP contribution < -0.4 is 10.5 Å². The van der Waals surface area contributed by atoms with E-state index >= 15 is 0 Å². The Morgan fingerprint density at radius 2 is 2.45 bits per heavy atom. The van der Waals surface area contributed by atoms with Gasteiger partial charge in [0.1, 0.15) is 5.82 Å². The molecule has 1 aliphatic rings. The number of aromatic amines is 1. The van der Waals surface area contributed by atoms with Gasteiger partial charge in [0.05, 0.1) is 36.1 Å². The van der Waals surface area contributed by atoms with E-state index in [1.54, 1.807) is 18.3 Å². The quantitative estimate of drug-likeness (QED) is 0.844. The molecule has 0 radical (unpaired) electrons. The van der Waals surface area contributed by atoms with Gasteiger partial charge in [0.25, 0.3) is 5.56 Å². The predicted octanol–water partition coefficient (Wildman–Crippen LogP) is 1.10. The molecule has 3 rings (SSSR count). The summed E-state index contributed by atoms with van der Waals surface area (Å²) in [5.74, 6) is 0.792. The highest BCUT2D eigenvalue weighted by Crippen LogP contribution is 2.21. The molecule has 20 heavy (non-hydrogen) atoms. The maximum Gasteiger partial charge on any atom is 0.258 e. The van der Waals surface area contributed by atoms with E-state index in [2.05, 4.69) is 26.4 Å². The number of aromatic nitrogens is 3. The number of rotatable bonds is 4. The first-order chi connectivity index (χ1) is 9.78. The molecule has 1 aliphatic heterocycles. The molecule has 2 aromatic rings. The highest BCUT2D eigenvalue weighted by Gasteiger charge is 2.24. The van der Waals surface area contributed by atoms with Gasteiger partial charge in [-0.1, -0.05) is 6.08 Å². The third kappa shape index (κ3) is 2.42. The van der Waals surface area contributed by atoms with Gasteiger partial charge in [0.15, 0.2) is 0 Å². The number of hydrogen-bond donors (Lipinski definition) is 1. The van der Waals surface area contributed by atoms with E-state index in [-0.39, 0.29) is 11.7 Å². The van der Waals surface area contributed by atoms with Crippen LogP contribution in [0.3, 0.4) is 0 Å². The Balaban J connectivity index is 1.83. The average Bonchev–Trinajstić information content (AvgIpc) is 2.94. The van der Waals surface area contributed by atoms with Crippen molar-refractivity contribution in [1.82, 2.24) is 15.0 Å². The highest BCUT2D eigenvalue weighted by molar-refractivity contribution is 5.79. The summed E-state index contributed by atoms with van der Waals surface area (Å²) in [5.41, 5.74) is 0.466. The normalized spacial score (nSPS) is 18.6. The van der Waals surface area contributed by atoms with Crippen molar-refractivity contribution in [2.24, 2.45) is 0 Å². The van der Waals surface area contributed by atoms with E-state index in [9.17, 15) is 4.79 Å². The second kappa shape index (κ2) is 5.42. The molecule has 1 fully saturated rings. The fourth-order valence-electron chi connectivity index (χ4n) is 2.41. The second-order valence-corrected chi connectivity index (χ2v) is 4.77. The largest absolute Gasteiger partial charge is 0.372 e. The van der Waals surface area contributed by atoms with Crippen LogP contribution in [0.15, 0.2) is 36.0 Å². The predicted molar refractivity (Wildman–Crippen MR) is 76.9 cm³/mol. The number of pyridine rings is 1. The lowest BCUT2D eigenvalue weighted by molar-refractivity contribution is 0.0909. The standard InChI is InChI=1S/C14H16N4O2/c1-2-5-20-10-3-4-18(8-10)13-6-11-12(7-15-13)16-9-17-14(11)19/h2,6-7,9-10H,1,3-5,8H2,(H,16,17,19). The van der Waals surface area contributed by atoms with Gasteiger partial charge in [0, 0.05) is 13.1 Å². The Labute approximate surface area is 116 Å². The van der Waals surface area contributed by atoms with Gasteiger partial charge in [-0.2, -0.15) is 0 Å². The molecule has 0 saturated carbocycles. The van der Waals surface area contributed by atoms with Crippen LogP contribution in [0.5, 0.6) is 0 Å². The molecule has 6 nitrogen and oxygen atoms in total. The summed E-state index contributed by atoms with van der Waals surface area (Å²) in [5, 5.41) is 0.563. The number of anilines is 1. The highest BCUT2D eigenvalue weighted by atomic mass is 16.5. The Morgan fingerprint density at radius 3 is 3.30 bits per heavy atom. The maximum atomic E-state index is 11.8. The molecule has 0 amide bonds. The number of nitrogens with one attached hydrogen (secondary N) is 1. The summed E-state index contributed by atoms with van der Waals surface area (Å²) in [6, 6.07) is 1.79. The lowest BCUT2D eigenvalue weighted by Crippen LogP contribution is -2.24. The number of H-pyrrole nitrogens is 1. The Morgan fingerprint density at radius 1 is 1.55 bits per heavy atom.